The number of benzene rings is 1. The summed E-state index contributed by atoms with van der Waals surface area (Å²) in [4.78, 5) is 28.5. The number of fused-ring (bicyclic) bond motifs is 1. The van der Waals surface area contributed by atoms with E-state index in [0.29, 0.717) is 17.4 Å². The molecule has 0 aliphatic carbocycles. The van der Waals surface area contributed by atoms with Crippen molar-refractivity contribution in [3.05, 3.63) is 51.9 Å². The van der Waals surface area contributed by atoms with Crippen molar-refractivity contribution in [2.75, 3.05) is 11.1 Å². The van der Waals surface area contributed by atoms with Crippen LogP contribution in [0.15, 0.2) is 40.4 Å². The maximum atomic E-state index is 12.2. The molecule has 0 fully saturated rings. The summed E-state index contributed by atoms with van der Waals surface area (Å²) in [7, 11) is 0. The van der Waals surface area contributed by atoms with Crippen LogP contribution in [0.3, 0.4) is 0 Å². The zero-order valence-electron chi connectivity index (χ0n) is 10.9. The molecule has 1 N–H and O–H groups in total. The summed E-state index contributed by atoms with van der Waals surface area (Å²) in [6.45, 7) is 2.58. The summed E-state index contributed by atoms with van der Waals surface area (Å²) >= 11 is 1.53. The first-order valence-electron chi connectivity index (χ1n) is 6.26. The van der Waals surface area contributed by atoms with Gasteiger partial charge in [0.1, 0.15) is 5.56 Å². The van der Waals surface area contributed by atoms with Gasteiger partial charge in [-0.05, 0) is 19.1 Å². The molecule has 6 heteroatoms. The van der Waals surface area contributed by atoms with Crippen LogP contribution < -0.4 is 10.9 Å². The molecule has 1 aliphatic rings. The highest BCUT2D eigenvalue weighted by Gasteiger charge is 2.19. The average Bonchev–Trinajstić information content (AvgIpc) is 2.91. The van der Waals surface area contributed by atoms with E-state index in [4.69, 9.17) is 0 Å². The second-order valence-corrected chi connectivity index (χ2v) is 5.64. The number of amides is 1. The third-order valence-electron chi connectivity index (χ3n) is 3.11. The van der Waals surface area contributed by atoms with Gasteiger partial charge < -0.3 is 5.32 Å². The van der Waals surface area contributed by atoms with Gasteiger partial charge in [-0.1, -0.05) is 29.5 Å². The highest BCUT2D eigenvalue weighted by Crippen LogP contribution is 2.20. The molecule has 0 saturated carbocycles. The highest BCUT2D eigenvalue weighted by atomic mass is 32.2. The van der Waals surface area contributed by atoms with Gasteiger partial charge >= 0.3 is 0 Å². The largest absolute Gasteiger partial charge is 0.322 e. The fourth-order valence-electron chi connectivity index (χ4n) is 2.01. The Kier molecular flexibility index (Phi) is 3.31. The van der Waals surface area contributed by atoms with E-state index in [2.05, 4.69) is 10.3 Å². The molecule has 0 spiro atoms. The van der Waals surface area contributed by atoms with Crippen LogP contribution in [0.1, 0.15) is 15.9 Å². The summed E-state index contributed by atoms with van der Waals surface area (Å²) in [6, 6.07) is 7.42. The quantitative estimate of drug-likeness (QED) is 0.857. The Morgan fingerprint density at radius 2 is 2.10 bits per heavy atom. The SMILES string of the molecule is Cc1ccc(NC(=O)c2cnc3n(c2=O)CCS3)cc1. The molecule has 1 amide bonds. The zero-order chi connectivity index (χ0) is 14.1. The molecule has 0 radical (unpaired) electrons. The molecular formula is C14H13N3O2S. The summed E-state index contributed by atoms with van der Waals surface area (Å²) in [5, 5.41) is 3.40. The number of nitrogens with one attached hydrogen (secondary N) is 1. The van der Waals surface area contributed by atoms with E-state index in [-0.39, 0.29) is 11.1 Å². The number of anilines is 1. The first-order chi connectivity index (χ1) is 9.65. The fourth-order valence-corrected chi connectivity index (χ4v) is 2.92. The van der Waals surface area contributed by atoms with E-state index in [1.54, 1.807) is 4.57 Å². The topological polar surface area (TPSA) is 64.0 Å². The predicted molar refractivity (Wildman–Crippen MR) is 78.4 cm³/mol. The summed E-state index contributed by atoms with van der Waals surface area (Å²) in [6.07, 6.45) is 1.36. The van der Waals surface area contributed by atoms with Crippen molar-refractivity contribution >= 4 is 23.4 Å². The molecule has 1 aromatic carbocycles. The lowest BCUT2D eigenvalue weighted by molar-refractivity contribution is 0.102. The maximum absolute atomic E-state index is 12.2. The van der Waals surface area contributed by atoms with Gasteiger partial charge in [0.2, 0.25) is 0 Å². The Morgan fingerprint density at radius 3 is 2.85 bits per heavy atom. The molecule has 2 aromatic rings. The molecule has 0 atom stereocenters. The minimum Gasteiger partial charge on any atom is -0.322 e. The molecule has 0 saturated heterocycles. The first kappa shape index (κ1) is 12.9. The monoisotopic (exact) mass is 287 g/mol. The van der Waals surface area contributed by atoms with Gasteiger partial charge in [0.05, 0.1) is 0 Å². The molecule has 0 bridgehead atoms. The van der Waals surface area contributed by atoms with Crippen molar-refractivity contribution in [1.29, 1.82) is 0 Å². The Balaban J connectivity index is 1.88. The standard InChI is InChI=1S/C14H13N3O2S/c1-9-2-4-10(5-3-9)16-12(18)11-8-15-14-17(13(11)19)6-7-20-14/h2-5,8H,6-7H2,1H3,(H,16,18). The number of carbonyl (C=O) groups excluding carboxylic acids is 1. The van der Waals surface area contributed by atoms with Crippen LogP contribution in [0.4, 0.5) is 5.69 Å². The van der Waals surface area contributed by atoms with Gasteiger partial charge in [-0.3, -0.25) is 14.2 Å². The lowest BCUT2D eigenvalue weighted by atomic mass is 10.2. The Morgan fingerprint density at radius 1 is 1.35 bits per heavy atom. The van der Waals surface area contributed by atoms with E-state index in [1.807, 2.05) is 31.2 Å². The van der Waals surface area contributed by atoms with E-state index in [9.17, 15) is 9.59 Å². The Bertz CT molecular complexity index is 722. The lowest BCUT2D eigenvalue weighted by Crippen LogP contribution is -2.29. The third-order valence-corrected chi connectivity index (χ3v) is 4.08. The molecule has 1 aliphatic heterocycles. The van der Waals surface area contributed by atoms with Crippen LogP contribution in [0.5, 0.6) is 0 Å². The number of aryl methyl sites for hydroxylation is 1. The highest BCUT2D eigenvalue weighted by molar-refractivity contribution is 7.99. The lowest BCUT2D eigenvalue weighted by Gasteiger charge is -2.07. The Labute approximate surface area is 120 Å². The average molecular weight is 287 g/mol. The van der Waals surface area contributed by atoms with Crippen LogP contribution in [-0.2, 0) is 6.54 Å². The van der Waals surface area contributed by atoms with Gasteiger partial charge in [0, 0.05) is 24.2 Å². The van der Waals surface area contributed by atoms with Crippen LogP contribution in [0, 0.1) is 6.92 Å². The van der Waals surface area contributed by atoms with Crippen LogP contribution >= 0.6 is 11.8 Å². The van der Waals surface area contributed by atoms with Crippen molar-refractivity contribution in [1.82, 2.24) is 9.55 Å². The van der Waals surface area contributed by atoms with Gasteiger partial charge in [-0.15, -0.1) is 0 Å². The second-order valence-electron chi connectivity index (χ2n) is 4.58. The maximum Gasteiger partial charge on any atom is 0.267 e. The molecule has 3 rings (SSSR count). The molecule has 102 valence electrons. The van der Waals surface area contributed by atoms with E-state index in [1.165, 1.54) is 18.0 Å². The van der Waals surface area contributed by atoms with E-state index >= 15 is 0 Å². The molecule has 20 heavy (non-hydrogen) atoms. The van der Waals surface area contributed by atoms with E-state index in [0.717, 1.165) is 11.3 Å². The van der Waals surface area contributed by atoms with E-state index < -0.39 is 5.91 Å². The number of thioether (sulfide) groups is 1. The summed E-state index contributed by atoms with van der Waals surface area (Å²) < 4.78 is 1.55. The van der Waals surface area contributed by atoms with Gasteiger partial charge in [0.25, 0.3) is 11.5 Å². The van der Waals surface area contributed by atoms with Crippen molar-refractivity contribution in [2.24, 2.45) is 0 Å². The van der Waals surface area contributed by atoms with Crippen molar-refractivity contribution in [3.8, 4) is 0 Å². The van der Waals surface area contributed by atoms with Crippen molar-refractivity contribution < 1.29 is 4.79 Å². The summed E-state index contributed by atoms with van der Waals surface area (Å²) in [5.74, 6) is 0.407. The summed E-state index contributed by atoms with van der Waals surface area (Å²) in [5.41, 5.74) is 1.58. The molecule has 5 nitrogen and oxygen atoms in total. The number of hydrogen-bond donors (Lipinski definition) is 1. The smallest absolute Gasteiger partial charge is 0.267 e. The normalized spacial score (nSPS) is 13.1. The van der Waals surface area contributed by atoms with Crippen molar-refractivity contribution in [3.63, 3.8) is 0 Å². The van der Waals surface area contributed by atoms with Crippen LogP contribution in [-0.4, -0.2) is 21.2 Å². The van der Waals surface area contributed by atoms with Gasteiger partial charge in [0.15, 0.2) is 5.16 Å². The second kappa shape index (κ2) is 5.13. The first-order valence-corrected chi connectivity index (χ1v) is 7.24. The number of nitrogens with zero attached hydrogens (tertiary/aromatic N) is 2. The van der Waals surface area contributed by atoms with Gasteiger partial charge in [-0.2, -0.15) is 0 Å². The van der Waals surface area contributed by atoms with Crippen LogP contribution in [0.2, 0.25) is 0 Å². The number of hydrogen-bond acceptors (Lipinski definition) is 4. The molecule has 1 aromatic heterocycles. The third kappa shape index (κ3) is 2.34. The number of rotatable bonds is 2. The predicted octanol–water partition coefficient (Wildman–Crippen LogP) is 1.91. The Hall–Kier alpha value is -2.08. The minimum atomic E-state index is -0.418. The number of aromatic nitrogens is 2. The molecule has 0 unspecified atom stereocenters. The number of carbonyl (C=O) groups is 1. The van der Waals surface area contributed by atoms with Crippen molar-refractivity contribution in [2.45, 2.75) is 18.6 Å². The fraction of sp³-hybridized carbons (Fsp3) is 0.214. The molecule has 2 heterocycles. The van der Waals surface area contributed by atoms with Crippen LogP contribution in [0.25, 0.3) is 0 Å². The van der Waals surface area contributed by atoms with Gasteiger partial charge in [-0.25, -0.2) is 4.98 Å². The molecular weight excluding hydrogens is 274 g/mol. The minimum absolute atomic E-state index is 0.0804. The zero-order valence-corrected chi connectivity index (χ0v) is 11.7.